The number of H-pyrrole nitrogens is 1. The van der Waals surface area contributed by atoms with Crippen LogP contribution in [0, 0.1) is 17.8 Å². The first-order chi connectivity index (χ1) is 30.0. The molecular formula is C45H48ClF3N8O6. The predicted octanol–water partition coefficient (Wildman–Crippen LogP) is 8.32. The number of likely N-dealkylation sites (tertiary alicyclic amines) is 1. The van der Waals surface area contributed by atoms with Gasteiger partial charge in [-0.3, -0.25) is 14.4 Å². The van der Waals surface area contributed by atoms with Crippen LogP contribution in [-0.4, -0.2) is 100 Å². The number of aromatic amines is 1. The molecule has 2 aromatic heterocycles. The third kappa shape index (κ3) is 9.19. The van der Waals surface area contributed by atoms with Crippen LogP contribution < -0.4 is 20.3 Å². The Bertz CT molecular complexity index is 2580. The van der Waals surface area contributed by atoms with Crippen molar-refractivity contribution in [3.8, 4) is 16.9 Å². The van der Waals surface area contributed by atoms with Gasteiger partial charge in [0.15, 0.2) is 0 Å². The van der Waals surface area contributed by atoms with Crippen LogP contribution in [0.15, 0.2) is 60.8 Å². The number of piperazine rings is 1. The summed E-state index contributed by atoms with van der Waals surface area (Å²) in [6, 6.07) is 13.2. The summed E-state index contributed by atoms with van der Waals surface area (Å²) in [5, 5.41) is 6.62. The Kier molecular flexibility index (Phi) is 11.9. The maximum atomic E-state index is 13.9. The molecule has 18 heteroatoms. The summed E-state index contributed by atoms with van der Waals surface area (Å²) < 4.78 is 51.0. The number of halogens is 4. The molecule has 332 valence electrons. The van der Waals surface area contributed by atoms with Gasteiger partial charge in [0.1, 0.15) is 23.4 Å². The Balaban J connectivity index is 1.02. The van der Waals surface area contributed by atoms with E-state index in [0.29, 0.717) is 71.6 Å². The molecule has 3 aliphatic rings. The number of hydrogen-bond donors (Lipinski definition) is 3. The minimum absolute atomic E-state index is 0.0123. The summed E-state index contributed by atoms with van der Waals surface area (Å²) in [5.74, 6) is 0.0519. The number of rotatable bonds is 10. The van der Waals surface area contributed by atoms with E-state index in [4.69, 9.17) is 21.3 Å². The molecule has 1 aliphatic carbocycles. The lowest BCUT2D eigenvalue weighted by Crippen LogP contribution is -2.54. The number of aromatic nitrogens is 3. The first-order valence-corrected chi connectivity index (χ1v) is 21.4. The van der Waals surface area contributed by atoms with Crippen LogP contribution >= 0.6 is 11.6 Å². The van der Waals surface area contributed by atoms with Crippen molar-refractivity contribution >= 4 is 68.7 Å². The number of nitrogens with one attached hydrogen (secondary N) is 3. The van der Waals surface area contributed by atoms with Gasteiger partial charge < -0.3 is 39.8 Å². The van der Waals surface area contributed by atoms with Crippen molar-refractivity contribution in [3.05, 3.63) is 77.2 Å². The summed E-state index contributed by atoms with van der Waals surface area (Å²) in [4.78, 5) is 70.4. The van der Waals surface area contributed by atoms with E-state index in [0.717, 1.165) is 18.9 Å². The number of pyridine rings is 1. The highest BCUT2D eigenvalue weighted by Crippen LogP contribution is 2.42. The van der Waals surface area contributed by atoms with E-state index >= 15 is 0 Å². The largest absolute Gasteiger partial charge is 0.573 e. The molecule has 0 bridgehead atoms. The topological polar surface area (TPSA) is 162 Å². The SMILES string of the molecule is COC(=O)NC(C(=O)N1C[C@@H](C)C[C@H]1c1nc2c(ccc3cc(-c4cc(Cl)c(NC(=O)c5ccc(N6CCN(C(=O)C7CC7)C[C@@H]6C)nc5)cc4OC(F)(F)F)ccc32)[nH]1)C(C)C. The zero-order valence-electron chi connectivity index (χ0n) is 35.4. The standard InChI is InChI=1S/C45H48ClF3N8O6/c1-23(2)38(54-44(61)62-5)43(60)57-21-24(3)16-35(57)40-51-33-12-9-27-17-28(8-11-30(27)39(33)53-40)31-18-32(46)34(19-36(31)63-45(47,48)49)52-41(58)29-10-13-37(50-20-29)56-15-14-55(22-25(56)4)42(59)26-6-7-26/h8-13,17-20,23-26,35,38H,6-7,14-16,21-22H2,1-5H3,(H,51,53)(H,52,58)(H,54,61)/t24-,25-,35-,38?/m0/s1. The number of amides is 4. The zero-order valence-corrected chi connectivity index (χ0v) is 36.1. The van der Waals surface area contributed by atoms with Crippen molar-refractivity contribution in [3.63, 3.8) is 0 Å². The Morgan fingerprint density at radius 1 is 0.984 bits per heavy atom. The van der Waals surface area contributed by atoms with Crippen LogP contribution in [0.25, 0.3) is 32.9 Å². The van der Waals surface area contributed by atoms with Crippen molar-refractivity contribution in [2.45, 2.75) is 71.4 Å². The molecule has 3 fully saturated rings. The fourth-order valence-corrected chi connectivity index (χ4v) is 8.84. The summed E-state index contributed by atoms with van der Waals surface area (Å²) in [7, 11) is 1.24. The van der Waals surface area contributed by atoms with Crippen LogP contribution in [-0.2, 0) is 14.3 Å². The molecule has 0 radical (unpaired) electrons. The second-order valence-electron chi connectivity index (χ2n) is 17.1. The van der Waals surface area contributed by atoms with Crippen LogP contribution in [0.4, 0.5) is 29.5 Å². The van der Waals surface area contributed by atoms with E-state index in [1.165, 1.54) is 19.4 Å². The van der Waals surface area contributed by atoms with Gasteiger partial charge in [-0.05, 0) is 79.3 Å². The van der Waals surface area contributed by atoms with Crippen molar-refractivity contribution in [1.82, 2.24) is 30.1 Å². The normalized spacial score (nSPS) is 19.7. The Morgan fingerprint density at radius 3 is 2.43 bits per heavy atom. The van der Waals surface area contributed by atoms with E-state index < -0.39 is 36.2 Å². The van der Waals surface area contributed by atoms with E-state index in [-0.39, 0.29) is 57.4 Å². The number of ether oxygens (including phenoxy) is 2. The lowest BCUT2D eigenvalue weighted by molar-refractivity contribution is -0.274. The lowest BCUT2D eigenvalue weighted by Gasteiger charge is -2.40. The van der Waals surface area contributed by atoms with E-state index in [1.54, 1.807) is 35.2 Å². The van der Waals surface area contributed by atoms with Crippen molar-refractivity contribution in [2.75, 3.05) is 43.5 Å². The van der Waals surface area contributed by atoms with Gasteiger partial charge in [0.05, 0.1) is 40.5 Å². The summed E-state index contributed by atoms with van der Waals surface area (Å²) in [5.41, 5.74) is 1.77. The molecule has 4 atom stereocenters. The fraction of sp³-hybridized carbons (Fsp3) is 0.422. The van der Waals surface area contributed by atoms with E-state index in [2.05, 4.69) is 30.2 Å². The zero-order chi connectivity index (χ0) is 44.9. The first kappa shape index (κ1) is 43.5. The molecule has 0 spiro atoms. The molecule has 2 saturated heterocycles. The van der Waals surface area contributed by atoms with Crippen LogP contribution in [0.5, 0.6) is 5.75 Å². The molecule has 3 aromatic carbocycles. The monoisotopic (exact) mass is 888 g/mol. The van der Waals surface area contributed by atoms with Crippen LogP contribution in [0.3, 0.4) is 0 Å². The summed E-state index contributed by atoms with van der Waals surface area (Å²) >= 11 is 6.66. The maximum Gasteiger partial charge on any atom is 0.573 e. The maximum absolute atomic E-state index is 13.9. The number of fused-ring (bicyclic) bond motifs is 3. The van der Waals surface area contributed by atoms with Gasteiger partial charge >= 0.3 is 12.5 Å². The molecule has 5 aromatic rings. The van der Waals surface area contributed by atoms with Gasteiger partial charge in [-0.2, -0.15) is 0 Å². The Morgan fingerprint density at radius 2 is 1.76 bits per heavy atom. The first-order valence-electron chi connectivity index (χ1n) is 21.0. The molecule has 1 unspecified atom stereocenters. The van der Waals surface area contributed by atoms with Crippen molar-refractivity contribution in [1.29, 1.82) is 0 Å². The summed E-state index contributed by atoms with van der Waals surface area (Å²) in [6.45, 7) is 9.97. The van der Waals surface area contributed by atoms with Crippen molar-refractivity contribution in [2.24, 2.45) is 17.8 Å². The average molecular weight is 889 g/mol. The number of carbonyl (C=O) groups is 4. The molecule has 4 amide bonds. The fourth-order valence-electron chi connectivity index (χ4n) is 8.63. The third-order valence-corrected chi connectivity index (χ3v) is 12.3. The molecule has 8 rings (SSSR count). The van der Waals surface area contributed by atoms with Crippen molar-refractivity contribution < 1.29 is 41.8 Å². The van der Waals surface area contributed by atoms with Gasteiger partial charge in [0, 0.05) is 61.4 Å². The number of hydrogen-bond acceptors (Lipinski definition) is 9. The number of nitrogens with zero attached hydrogens (tertiary/aromatic N) is 5. The quantitative estimate of drug-likeness (QED) is 0.125. The molecule has 3 N–H and O–H groups in total. The minimum Gasteiger partial charge on any atom is -0.453 e. The Hall–Kier alpha value is -6.10. The third-order valence-electron chi connectivity index (χ3n) is 12.0. The lowest BCUT2D eigenvalue weighted by atomic mass is 9.99. The molecule has 63 heavy (non-hydrogen) atoms. The minimum atomic E-state index is -5.07. The van der Waals surface area contributed by atoms with Gasteiger partial charge in [0.2, 0.25) is 11.8 Å². The van der Waals surface area contributed by atoms with Gasteiger partial charge in [0.25, 0.3) is 5.91 Å². The molecular weight excluding hydrogens is 841 g/mol. The smallest absolute Gasteiger partial charge is 0.453 e. The molecule has 14 nitrogen and oxygen atoms in total. The number of methoxy groups -OCH3 is 1. The number of alkyl halides is 3. The van der Waals surface area contributed by atoms with Gasteiger partial charge in [-0.15, -0.1) is 13.2 Å². The van der Waals surface area contributed by atoms with Gasteiger partial charge in [-0.1, -0.05) is 50.6 Å². The van der Waals surface area contributed by atoms with Crippen LogP contribution in [0.1, 0.15) is 69.2 Å². The summed E-state index contributed by atoms with van der Waals surface area (Å²) in [6.07, 6.45) is -1.84. The number of alkyl carbamates (subject to hydrolysis) is 1. The second kappa shape index (κ2) is 17.2. The number of anilines is 2. The highest BCUT2D eigenvalue weighted by atomic mass is 35.5. The van der Waals surface area contributed by atoms with E-state index in [1.807, 2.05) is 44.7 Å². The molecule has 1 saturated carbocycles. The Labute approximate surface area is 366 Å². The number of benzene rings is 3. The average Bonchev–Trinajstić information content (AvgIpc) is 3.89. The number of carbonyl (C=O) groups excluding carboxylic acids is 4. The van der Waals surface area contributed by atoms with Gasteiger partial charge in [-0.25, -0.2) is 14.8 Å². The predicted molar refractivity (Wildman–Crippen MR) is 231 cm³/mol. The van der Waals surface area contributed by atoms with E-state index in [9.17, 15) is 32.3 Å². The molecule has 4 heterocycles. The highest BCUT2D eigenvalue weighted by molar-refractivity contribution is 6.34. The van der Waals surface area contributed by atoms with Crippen LogP contribution in [0.2, 0.25) is 5.02 Å². The second-order valence-corrected chi connectivity index (χ2v) is 17.5. The number of imidazole rings is 1. The highest BCUT2D eigenvalue weighted by Gasteiger charge is 2.41. The molecule has 2 aliphatic heterocycles.